The maximum atomic E-state index is 13.5. The fourth-order valence-corrected chi connectivity index (χ4v) is 5.32. The summed E-state index contributed by atoms with van der Waals surface area (Å²) in [5.41, 5.74) is 3.23. The van der Waals surface area contributed by atoms with Gasteiger partial charge in [-0.05, 0) is 61.2 Å². The van der Waals surface area contributed by atoms with Crippen molar-refractivity contribution in [3.63, 3.8) is 0 Å². The number of piperidine rings is 1. The smallest absolute Gasteiger partial charge is 0.296 e. The Morgan fingerprint density at radius 2 is 1.66 bits per heavy atom. The molecule has 1 heterocycles. The van der Waals surface area contributed by atoms with Gasteiger partial charge >= 0.3 is 0 Å². The van der Waals surface area contributed by atoms with Gasteiger partial charge in [-0.2, -0.15) is 8.42 Å². The second-order valence-electron chi connectivity index (χ2n) is 8.48. The largest absolute Gasteiger partial charge is 0.299 e. The van der Waals surface area contributed by atoms with Gasteiger partial charge in [-0.1, -0.05) is 60.2 Å². The Bertz CT molecular complexity index is 1120. The molecule has 0 unspecified atom stereocenters. The highest BCUT2D eigenvalue weighted by atomic mass is 32.2. The molecule has 0 N–H and O–H groups in total. The number of aryl methyl sites for hydroxylation is 1. The third-order valence-electron chi connectivity index (χ3n) is 6.11. The van der Waals surface area contributed by atoms with Gasteiger partial charge in [0.1, 0.15) is 5.82 Å². The first-order valence-electron chi connectivity index (χ1n) is 10.9. The minimum atomic E-state index is -3.84. The SMILES string of the molecule is Cc1ccc(S(=O)(=O)OC[C@@H]2CN(Cc3ccccc3)CC[C@@H]2c2ccc(F)cc2)cc1. The molecule has 0 saturated carbocycles. The van der Waals surface area contributed by atoms with Crippen LogP contribution >= 0.6 is 0 Å². The van der Waals surface area contributed by atoms with Crippen LogP contribution in [0.4, 0.5) is 4.39 Å². The van der Waals surface area contributed by atoms with E-state index in [0.717, 1.165) is 30.6 Å². The molecule has 2 atom stereocenters. The lowest BCUT2D eigenvalue weighted by atomic mass is 9.81. The number of halogens is 1. The van der Waals surface area contributed by atoms with Crippen molar-refractivity contribution in [1.29, 1.82) is 0 Å². The lowest BCUT2D eigenvalue weighted by Gasteiger charge is -2.38. The van der Waals surface area contributed by atoms with Crippen LogP contribution in [0.15, 0.2) is 83.8 Å². The number of nitrogens with zero attached hydrogens (tertiary/aromatic N) is 1. The highest BCUT2D eigenvalue weighted by Gasteiger charge is 2.32. The van der Waals surface area contributed by atoms with E-state index < -0.39 is 10.1 Å². The highest BCUT2D eigenvalue weighted by molar-refractivity contribution is 7.86. The van der Waals surface area contributed by atoms with E-state index in [9.17, 15) is 12.8 Å². The van der Waals surface area contributed by atoms with Gasteiger partial charge in [0.25, 0.3) is 10.1 Å². The Morgan fingerprint density at radius 1 is 0.969 bits per heavy atom. The van der Waals surface area contributed by atoms with E-state index in [2.05, 4.69) is 17.0 Å². The monoisotopic (exact) mass is 453 g/mol. The summed E-state index contributed by atoms with van der Waals surface area (Å²) in [5, 5.41) is 0. The molecule has 1 saturated heterocycles. The zero-order valence-electron chi connectivity index (χ0n) is 18.2. The van der Waals surface area contributed by atoms with Gasteiger partial charge in [-0.3, -0.25) is 9.08 Å². The summed E-state index contributed by atoms with van der Waals surface area (Å²) >= 11 is 0. The lowest BCUT2D eigenvalue weighted by Crippen LogP contribution is -2.41. The molecule has 6 heteroatoms. The molecule has 0 radical (unpaired) electrons. The average Bonchev–Trinajstić information content (AvgIpc) is 2.80. The van der Waals surface area contributed by atoms with Crippen LogP contribution in [0, 0.1) is 18.7 Å². The van der Waals surface area contributed by atoms with Crippen LogP contribution in [-0.2, 0) is 20.8 Å². The molecule has 1 aliphatic rings. The molecule has 1 aliphatic heterocycles. The molecule has 0 aliphatic carbocycles. The molecule has 32 heavy (non-hydrogen) atoms. The van der Waals surface area contributed by atoms with Gasteiger partial charge in [0.05, 0.1) is 11.5 Å². The molecule has 0 spiro atoms. The second kappa shape index (κ2) is 9.94. The van der Waals surface area contributed by atoms with E-state index in [1.165, 1.54) is 17.7 Å². The van der Waals surface area contributed by atoms with Crippen molar-refractivity contribution in [3.05, 3.63) is 101 Å². The summed E-state index contributed by atoms with van der Waals surface area (Å²) in [7, 11) is -3.84. The van der Waals surface area contributed by atoms with Crippen LogP contribution < -0.4 is 0 Å². The molecule has 4 rings (SSSR count). The normalized spacial score (nSPS) is 19.7. The van der Waals surface area contributed by atoms with Crippen molar-refractivity contribution in [3.8, 4) is 0 Å². The zero-order valence-corrected chi connectivity index (χ0v) is 19.0. The number of hydrogen-bond acceptors (Lipinski definition) is 4. The quantitative estimate of drug-likeness (QED) is 0.465. The fourth-order valence-electron chi connectivity index (χ4n) is 4.36. The minimum absolute atomic E-state index is 0.0295. The number of rotatable bonds is 7. The van der Waals surface area contributed by atoms with E-state index in [1.807, 2.05) is 25.1 Å². The number of likely N-dealkylation sites (tertiary alicyclic amines) is 1. The summed E-state index contributed by atoms with van der Waals surface area (Å²) in [6.07, 6.45) is 0.858. The van der Waals surface area contributed by atoms with Gasteiger partial charge < -0.3 is 0 Å². The van der Waals surface area contributed by atoms with Crippen molar-refractivity contribution in [2.45, 2.75) is 30.7 Å². The van der Waals surface area contributed by atoms with E-state index in [-0.39, 0.29) is 29.2 Å². The van der Waals surface area contributed by atoms with Crippen LogP contribution in [0.25, 0.3) is 0 Å². The minimum Gasteiger partial charge on any atom is -0.299 e. The van der Waals surface area contributed by atoms with Crippen LogP contribution in [0.1, 0.15) is 29.0 Å². The lowest BCUT2D eigenvalue weighted by molar-refractivity contribution is 0.108. The molecule has 0 aromatic heterocycles. The predicted octanol–water partition coefficient (Wildman–Crippen LogP) is 5.15. The van der Waals surface area contributed by atoms with Crippen molar-refractivity contribution < 1.29 is 17.0 Å². The second-order valence-corrected chi connectivity index (χ2v) is 10.1. The summed E-state index contributed by atoms with van der Waals surface area (Å²) in [4.78, 5) is 2.50. The molecule has 3 aromatic rings. The maximum absolute atomic E-state index is 13.5. The first-order valence-corrected chi connectivity index (χ1v) is 12.3. The van der Waals surface area contributed by atoms with Crippen LogP contribution in [0.5, 0.6) is 0 Å². The van der Waals surface area contributed by atoms with Crippen LogP contribution in [-0.4, -0.2) is 33.0 Å². The molecule has 0 bridgehead atoms. The number of benzene rings is 3. The summed E-state index contributed by atoms with van der Waals surface area (Å²) < 4.78 is 44.5. The molecular weight excluding hydrogens is 425 g/mol. The third-order valence-corrected chi connectivity index (χ3v) is 7.41. The van der Waals surface area contributed by atoms with Crippen LogP contribution in [0.2, 0.25) is 0 Å². The maximum Gasteiger partial charge on any atom is 0.296 e. The summed E-state index contributed by atoms with van der Waals surface area (Å²) in [6, 6.07) is 23.4. The van der Waals surface area contributed by atoms with E-state index in [0.29, 0.717) is 6.54 Å². The Balaban J connectivity index is 1.51. The van der Waals surface area contributed by atoms with Crippen molar-refractivity contribution >= 4 is 10.1 Å². The molecule has 3 aromatic carbocycles. The van der Waals surface area contributed by atoms with Gasteiger partial charge in [0.2, 0.25) is 0 Å². The molecule has 1 fully saturated rings. The Hall–Kier alpha value is -2.54. The molecule has 168 valence electrons. The van der Waals surface area contributed by atoms with Gasteiger partial charge in [0, 0.05) is 19.0 Å². The van der Waals surface area contributed by atoms with Crippen molar-refractivity contribution in [2.75, 3.05) is 19.7 Å². The van der Waals surface area contributed by atoms with Crippen molar-refractivity contribution in [2.24, 2.45) is 5.92 Å². The Labute approximate surface area is 189 Å². The van der Waals surface area contributed by atoms with Crippen molar-refractivity contribution in [1.82, 2.24) is 4.90 Å². The fraction of sp³-hybridized carbons (Fsp3) is 0.308. The third kappa shape index (κ3) is 5.63. The van der Waals surface area contributed by atoms with Crippen LogP contribution in [0.3, 0.4) is 0 Å². The Morgan fingerprint density at radius 3 is 2.34 bits per heavy atom. The first-order chi connectivity index (χ1) is 15.4. The Kier molecular flexibility index (Phi) is 7.04. The van der Waals surface area contributed by atoms with Gasteiger partial charge in [-0.15, -0.1) is 0 Å². The standard InChI is InChI=1S/C26H28FNO3S/c1-20-7-13-25(14-8-20)32(29,30)31-19-23-18-28(17-21-5-3-2-4-6-21)16-15-26(23)22-9-11-24(27)12-10-22/h2-14,23,26H,15-19H2,1H3/t23-,26+/m0/s1. The molecular formula is C26H28FNO3S. The average molecular weight is 454 g/mol. The van der Waals surface area contributed by atoms with Gasteiger partial charge in [0.15, 0.2) is 0 Å². The molecule has 0 amide bonds. The first kappa shape index (κ1) is 22.6. The van der Waals surface area contributed by atoms with Gasteiger partial charge in [-0.25, -0.2) is 4.39 Å². The van der Waals surface area contributed by atoms with E-state index >= 15 is 0 Å². The summed E-state index contributed by atoms with van der Waals surface area (Å²) in [5.74, 6) is -0.195. The summed E-state index contributed by atoms with van der Waals surface area (Å²) in [6.45, 7) is 4.40. The predicted molar refractivity (Wildman–Crippen MR) is 123 cm³/mol. The van der Waals surface area contributed by atoms with E-state index in [4.69, 9.17) is 4.18 Å². The van der Waals surface area contributed by atoms with E-state index in [1.54, 1.807) is 36.4 Å². The zero-order chi connectivity index (χ0) is 22.6. The topological polar surface area (TPSA) is 46.6 Å². The molecule has 4 nitrogen and oxygen atoms in total. The highest BCUT2D eigenvalue weighted by Crippen LogP contribution is 2.34. The number of hydrogen-bond donors (Lipinski definition) is 0.